The highest BCUT2D eigenvalue weighted by Gasteiger charge is 2.51. The van der Waals surface area contributed by atoms with Crippen LogP contribution >= 0.6 is 0 Å². The Kier molecular flexibility index (Phi) is 6.37. The Morgan fingerprint density at radius 1 is 1.30 bits per heavy atom. The smallest absolute Gasteiger partial charge is 0.302 e. The van der Waals surface area contributed by atoms with Gasteiger partial charge in [-0.15, -0.1) is 0 Å². The van der Waals surface area contributed by atoms with Gasteiger partial charge in [0.1, 0.15) is 12.2 Å². The van der Waals surface area contributed by atoms with E-state index in [1.165, 1.54) is 18.1 Å². The second kappa shape index (κ2) is 8.27. The molecule has 1 saturated heterocycles. The van der Waals surface area contributed by atoms with Gasteiger partial charge in [-0.3, -0.25) is 4.79 Å². The highest BCUT2D eigenvalue weighted by Crippen LogP contribution is 2.40. The van der Waals surface area contributed by atoms with E-state index >= 15 is 0 Å². The zero-order valence-electron chi connectivity index (χ0n) is 14.2. The van der Waals surface area contributed by atoms with Crippen molar-refractivity contribution in [3.8, 4) is 0 Å². The molecule has 0 bridgehead atoms. The van der Waals surface area contributed by atoms with Crippen LogP contribution in [0.4, 0.5) is 0 Å². The van der Waals surface area contributed by atoms with E-state index in [1.807, 2.05) is 24.3 Å². The molecule has 2 rings (SSSR count). The number of esters is 1. The maximum atomic E-state index is 10.7. The fourth-order valence-electron chi connectivity index (χ4n) is 2.49. The molecule has 1 aromatic rings. The van der Waals surface area contributed by atoms with Crippen molar-refractivity contribution in [3.05, 3.63) is 47.5 Å². The first-order valence-corrected chi connectivity index (χ1v) is 8.08. The van der Waals surface area contributed by atoms with Gasteiger partial charge in [-0.2, -0.15) is 0 Å². The monoisotopic (exact) mass is 318 g/mol. The van der Waals surface area contributed by atoms with Crippen molar-refractivity contribution < 1.29 is 19.0 Å². The normalized spacial score (nSPS) is 23.6. The van der Waals surface area contributed by atoms with Crippen LogP contribution in [0.25, 0.3) is 0 Å². The third-order valence-electron chi connectivity index (χ3n) is 4.05. The van der Waals surface area contributed by atoms with E-state index in [-0.39, 0.29) is 17.7 Å². The fourth-order valence-corrected chi connectivity index (χ4v) is 2.49. The number of allylic oxidation sites excluding steroid dienone is 1. The zero-order chi connectivity index (χ0) is 16.7. The predicted octanol–water partition coefficient (Wildman–Crippen LogP) is 3.65. The van der Waals surface area contributed by atoms with Gasteiger partial charge in [0.15, 0.2) is 0 Å². The molecule has 4 nitrogen and oxygen atoms in total. The summed E-state index contributed by atoms with van der Waals surface area (Å²) in [4.78, 5) is 10.7. The number of hydrogen-bond donors (Lipinski definition) is 0. The van der Waals surface area contributed by atoms with E-state index in [0.717, 1.165) is 12.8 Å². The van der Waals surface area contributed by atoms with Crippen molar-refractivity contribution in [1.82, 2.24) is 0 Å². The van der Waals surface area contributed by atoms with Gasteiger partial charge >= 0.3 is 5.97 Å². The van der Waals surface area contributed by atoms with Crippen molar-refractivity contribution in [2.24, 2.45) is 0 Å². The van der Waals surface area contributed by atoms with Crippen molar-refractivity contribution >= 4 is 5.97 Å². The molecule has 0 aromatic heterocycles. The molecule has 0 aliphatic carbocycles. The van der Waals surface area contributed by atoms with Gasteiger partial charge in [0, 0.05) is 6.92 Å². The predicted molar refractivity (Wildman–Crippen MR) is 89.0 cm³/mol. The molecule has 2 atom stereocenters. The van der Waals surface area contributed by atoms with Crippen LogP contribution in [0.1, 0.15) is 39.2 Å². The maximum Gasteiger partial charge on any atom is 0.302 e. The molecule has 126 valence electrons. The quantitative estimate of drug-likeness (QED) is 0.396. The zero-order valence-corrected chi connectivity index (χ0v) is 14.2. The molecule has 4 heteroatoms. The van der Waals surface area contributed by atoms with Crippen LogP contribution < -0.4 is 0 Å². The van der Waals surface area contributed by atoms with Crippen LogP contribution in [0.5, 0.6) is 0 Å². The Labute approximate surface area is 138 Å². The van der Waals surface area contributed by atoms with E-state index in [1.54, 1.807) is 0 Å². The lowest BCUT2D eigenvalue weighted by Gasteiger charge is -2.08. The van der Waals surface area contributed by atoms with Crippen molar-refractivity contribution in [1.29, 1.82) is 0 Å². The molecule has 1 aromatic carbocycles. The Balaban J connectivity index is 1.62. The lowest BCUT2D eigenvalue weighted by molar-refractivity contribution is -0.139. The lowest BCUT2D eigenvalue weighted by atomic mass is 10.0. The van der Waals surface area contributed by atoms with Crippen molar-refractivity contribution in [3.63, 3.8) is 0 Å². The van der Waals surface area contributed by atoms with E-state index in [9.17, 15) is 4.79 Å². The van der Waals surface area contributed by atoms with Gasteiger partial charge in [0.2, 0.25) is 0 Å². The van der Waals surface area contributed by atoms with E-state index in [2.05, 4.69) is 26.0 Å². The summed E-state index contributed by atoms with van der Waals surface area (Å²) >= 11 is 0. The van der Waals surface area contributed by atoms with Crippen LogP contribution in [0.15, 0.2) is 42.0 Å². The topological polar surface area (TPSA) is 48.1 Å². The second-order valence-electron chi connectivity index (χ2n) is 6.29. The molecule has 1 heterocycles. The first kappa shape index (κ1) is 17.7. The lowest BCUT2D eigenvalue weighted by Crippen LogP contribution is -2.18. The van der Waals surface area contributed by atoms with Crippen LogP contribution in [-0.4, -0.2) is 30.9 Å². The summed E-state index contributed by atoms with van der Waals surface area (Å²) in [6.07, 6.45) is 4.11. The Morgan fingerprint density at radius 3 is 2.74 bits per heavy atom. The molecule has 2 unspecified atom stereocenters. The van der Waals surface area contributed by atoms with Crippen LogP contribution in [0.2, 0.25) is 0 Å². The van der Waals surface area contributed by atoms with Gasteiger partial charge in [-0.05, 0) is 38.3 Å². The van der Waals surface area contributed by atoms with E-state index < -0.39 is 0 Å². The summed E-state index contributed by atoms with van der Waals surface area (Å²) in [6.45, 7) is 7.15. The average Bonchev–Trinajstić information content (AvgIpc) is 3.16. The molecule has 1 aliphatic rings. The second-order valence-corrected chi connectivity index (χ2v) is 6.29. The molecular weight excluding hydrogens is 292 g/mol. The third kappa shape index (κ3) is 6.16. The van der Waals surface area contributed by atoms with E-state index in [0.29, 0.717) is 19.8 Å². The summed E-state index contributed by atoms with van der Waals surface area (Å²) in [5.41, 5.74) is 2.23. The summed E-state index contributed by atoms with van der Waals surface area (Å²) in [5.74, 6) is -0.247. The number of ether oxygens (including phenoxy) is 3. The average molecular weight is 318 g/mol. The Morgan fingerprint density at radius 2 is 2.04 bits per heavy atom. The number of carbonyl (C=O) groups is 1. The number of hydrogen-bond acceptors (Lipinski definition) is 4. The number of epoxide rings is 1. The highest BCUT2D eigenvalue weighted by atomic mass is 16.6. The molecule has 0 saturated carbocycles. The largest absolute Gasteiger partial charge is 0.462 e. The molecule has 0 spiro atoms. The van der Waals surface area contributed by atoms with Gasteiger partial charge in [0.25, 0.3) is 0 Å². The Bertz CT molecular complexity index is 538. The summed E-state index contributed by atoms with van der Waals surface area (Å²) in [6, 6.07) is 10.2. The molecular formula is C19H26O4. The van der Waals surface area contributed by atoms with Crippen LogP contribution in [0.3, 0.4) is 0 Å². The van der Waals surface area contributed by atoms with Gasteiger partial charge in [0.05, 0.1) is 19.3 Å². The summed E-state index contributed by atoms with van der Waals surface area (Å²) in [5, 5.41) is 0. The van der Waals surface area contributed by atoms with Crippen LogP contribution in [0, 0.1) is 0 Å². The van der Waals surface area contributed by atoms with Crippen molar-refractivity contribution in [2.45, 2.75) is 51.9 Å². The van der Waals surface area contributed by atoms with E-state index in [4.69, 9.17) is 14.2 Å². The molecule has 0 radical (unpaired) electrons. The van der Waals surface area contributed by atoms with Crippen molar-refractivity contribution in [2.75, 3.05) is 13.2 Å². The molecule has 1 aliphatic heterocycles. The number of benzene rings is 1. The molecule has 1 fully saturated rings. The molecule has 0 N–H and O–H groups in total. The highest BCUT2D eigenvalue weighted by molar-refractivity contribution is 5.66. The van der Waals surface area contributed by atoms with Gasteiger partial charge in [-0.1, -0.05) is 35.9 Å². The minimum Gasteiger partial charge on any atom is -0.462 e. The minimum absolute atomic E-state index is 0.162. The fraction of sp³-hybridized carbons (Fsp3) is 0.526. The SMILES string of the molecule is CC(=O)OC/C=C(\C)CCC1OC1(C)COCc1ccccc1. The number of rotatable bonds is 9. The molecule has 0 amide bonds. The van der Waals surface area contributed by atoms with Gasteiger partial charge < -0.3 is 14.2 Å². The van der Waals surface area contributed by atoms with Gasteiger partial charge in [-0.25, -0.2) is 0 Å². The maximum absolute atomic E-state index is 10.7. The summed E-state index contributed by atoms with van der Waals surface area (Å²) < 4.78 is 16.5. The standard InChI is InChI=1S/C19H26O4/c1-15(11-12-22-16(2)20)9-10-18-19(3,23-18)14-21-13-17-7-5-4-6-8-17/h4-8,11,18H,9-10,12-14H2,1-3H3/b15-11+. The third-order valence-corrected chi connectivity index (χ3v) is 4.05. The number of carbonyl (C=O) groups excluding carboxylic acids is 1. The van der Waals surface area contributed by atoms with Crippen LogP contribution in [-0.2, 0) is 25.6 Å². The Hall–Kier alpha value is -1.65. The molecule has 23 heavy (non-hydrogen) atoms. The minimum atomic E-state index is -0.247. The first-order valence-electron chi connectivity index (χ1n) is 8.08. The summed E-state index contributed by atoms with van der Waals surface area (Å²) in [7, 11) is 0. The first-order chi connectivity index (χ1) is 11.0.